The molecule has 100 valence electrons. The van der Waals surface area contributed by atoms with E-state index in [1.807, 2.05) is 0 Å². The van der Waals surface area contributed by atoms with Gasteiger partial charge >= 0.3 is 0 Å². The minimum atomic E-state index is -3.48. The van der Waals surface area contributed by atoms with Crippen LogP contribution in [0.3, 0.4) is 0 Å². The Morgan fingerprint density at radius 1 is 1.12 bits per heavy atom. The molecule has 0 aromatic carbocycles. The third-order valence-electron chi connectivity index (χ3n) is 1.63. The second-order valence-corrected chi connectivity index (χ2v) is 4.84. The van der Waals surface area contributed by atoms with E-state index in [-0.39, 0.29) is 13.2 Å². The van der Waals surface area contributed by atoms with Crippen LogP contribution in [-0.4, -0.2) is 60.9 Å². The van der Waals surface area contributed by atoms with E-state index in [1.54, 1.807) is 13.2 Å². The SMILES string of the molecule is COCCOCCOCCNS(=O)(=O)CC#N. The maximum atomic E-state index is 11.0. The summed E-state index contributed by atoms with van der Waals surface area (Å²) in [6.45, 7) is 2.28. The molecular formula is C9H18N2O5S. The van der Waals surface area contributed by atoms with Gasteiger partial charge in [0.25, 0.3) is 0 Å². The van der Waals surface area contributed by atoms with E-state index in [2.05, 4.69) is 4.72 Å². The molecule has 0 amide bonds. The first kappa shape index (κ1) is 16.3. The van der Waals surface area contributed by atoms with Gasteiger partial charge in [-0.2, -0.15) is 5.26 Å². The Morgan fingerprint density at radius 2 is 1.71 bits per heavy atom. The Morgan fingerprint density at radius 3 is 2.29 bits per heavy atom. The van der Waals surface area contributed by atoms with Gasteiger partial charge in [-0.1, -0.05) is 0 Å². The van der Waals surface area contributed by atoms with Crippen LogP contribution in [0.4, 0.5) is 0 Å². The zero-order valence-corrected chi connectivity index (χ0v) is 10.7. The van der Waals surface area contributed by atoms with Crippen molar-refractivity contribution < 1.29 is 22.6 Å². The van der Waals surface area contributed by atoms with E-state index in [4.69, 9.17) is 19.5 Å². The molecule has 8 heteroatoms. The summed E-state index contributed by atoms with van der Waals surface area (Å²) in [5, 5.41) is 8.22. The summed E-state index contributed by atoms with van der Waals surface area (Å²) in [5.41, 5.74) is 0. The molecule has 0 radical (unpaired) electrons. The smallest absolute Gasteiger partial charge is 0.225 e. The molecule has 0 saturated heterocycles. The molecule has 0 fully saturated rings. The van der Waals surface area contributed by atoms with Crippen molar-refractivity contribution in [2.75, 3.05) is 52.4 Å². The van der Waals surface area contributed by atoms with Crippen LogP contribution in [-0.2, 0) is 24.2 Å². The van der Waals surface area contributed by atoms with E-state index >= 15 is 0 Å². The normalized spacial score (nSPS) is 11.3. The summed E-state index contributed by atoms with van der Waals surface area (Å²) in [4.78, 5) is 0. The molecule has 0 rings (SSSR count). The first-order valence-electron chi connectivity index (χ1n) is 5.11. The molecular weight excluding hydrogens is 248 g/mol. The van der Waals surface area contributed by atoms with Crippen LogP contribution in [0, 0.1) is 11.3 Å². The van der Waals surface area contributed by atoms with E-state index < -0.39 is 15.8 Å². The van der Waals surface area contributed by atoms with E-state index in [0.29, 0.717) is 26.4 Å². The number of hydrogen-bond acceptors (Lipinski definition) is 6. The fraction of sp³-hybridized carbons (Fsp3) is 0.889. The van der Waals surface area contributed by atoms with Gasteiger partial charge < -0.3 is 14.2 Å². The summed E-state index contributed by atoms with van der Waals surface area (Å²) in [5.74, 6) is -0.535. The highest BCUT2D eigenvalue weighted by molar-refractivity contribution is 7.89. The van der Waals surface area contributed by atoms with Gasteiger partial charge in [0.1, 0.15) is 0 Å². The lowest BCUT2D eigenvalue weighted by molar-refractivity contribution is 0.0262. The predicted octanol–water partition coefficient (Wildman–Crippen LogP) is -0.891. The zero-order valence-electron chi connectivity index (χ0n) is 9.85. The molecule has 0 atom stereocenters. The van der Waals surface area contributed by atoms with Crippen LogP contribution >= 0.6 is 0 Å². The number of nitriles is 1. The molecule has 7 nitrogen and oxygen atoms in total. The number of ether oxygens (including phenoxy) is 3. The molecule has 17 heavy (non-hydrogen) atoms. The molecule has 0 bridgehead atoms. The molecule has 0 aliphatic carbocycles. The third-order valence-corrected chi connectivity index (χ3v) is 2.78. The highest BCUT2D eigenvalue weighted by Crippen LogP contribution is 1.83. The summed E-state index contributed by atoms with van der Waals surface area (Å²) in [6, 6.07) is 1.57. The van der Waals surface area contributed by atoms with Crippen molar-refractivity contribution in [2.45, 2.75) is 0 Å². The van der Waals surface area contributed by atoms with E-state index in [9.17, 15) is 8.42 Å². The lowest BCUT2D eigenvalue weighted by atomic mass is 10.7. The zero-order chi connectivity index (χ0) is 13.0. The number of hydrogen-bond donors (Lipinski definition) is 1. The van der Waals surface area contributed by atoms with Gasteiger partial charge in [0, 0.05) is 13.7 Å². The lowest BCUT2D eigenvalue weighted by Crippen LogP contribution is -2.29. The Balaban J connectivity index is 3.27. The summed E-state index contributed by atoms with van der Waals surface area (Å²) in [7, 11) is -1.88. The fourth-order valence-electron chi connectivity index (χ4n) is 0.870. The van der Waals surface area contributed by atoms with Crippen molar-refractivity contribution in [3.05, 3.63) is 0 Å². The van der Waals surface area contributed by atoms with Gasteiger partial charge in [-0.05, 0) is 0 Å². The van der Waals surface area contributed by atoms with Crippen LogP contribution in [0.25, 0.3) is 0 Å². The van der Waals surface area contributed by atoms with Crippen LogP contribution < -0.4 is 4.72 Å². The molecule has 0 saturated carbocycles. The number of nitrogens with one attached hydrogen (secondary N) is 1. The first-order valence-corrected chi connectivity index (χ1v) is 6.76. The maximum absolute atomic E-state index is 11.0. The van der Waals surface area contributed by atoms with Crippen molar-refractivity contribution in [1.82, 2.24) is 4.72 Å². The van der Waals surface area contributed by atoms with Gasteiger partial charge in [-0.3, -0.25) is 0 Å². The van der Waals surface area contributed by atoms with Gasteiger partial charge in [0.15, 0.2) is 5.75 Å². The Bertz CT molecular complexity index is 312. The van der Waals surface area contributed by atoms with E-state index in [1.165, 1.54) is 0 Å². The van der Waals surface area contributed by atoms with Crippen molar-refractivity contribution in [3.63, 3.8) is 0 Å². The van der Waals surface area contributed by atoms with Crippen molar-refractivity contribution in [2.24, 2.45) is 0 Å². The second kappa shape index (κ2) is 10.4. The average Bonchev–Trinajstić information content (AvgIpc) is 2.27. The molecule has 0 spiro atoms. The summed E-state index contributed by atoms with van der Waals surface area (Å²) in [6.07, 6.45) is 0. The largest absolute Gasteiger partial charge is 0.382 e. The highest BCUT2D eigenvalue weighted by atomic mass is 32.2. The quantitative estimate of drug-likeness (QED) is 0.487. The molecule has 0 heterocycles. The number of methoxy groups -OCH3 is 1. The van der Waals surface area contributed by atoms with Crippen LogP contribution in [0.15, 0.2) is 0 Å². The average molecular weight is 266 g/mol. The monoisotopic (exact) mass is 266 g/mol. The van der Waals surface area contributed by atoms with Crippen LogP contribution in [0.1, 0.15) is 0 Å². The van der Waals surface area contributed by atoms with Crippen LogP contribution in [0.5, 0.6) is 0 Å². The van der Waals surface area contributed by atoms with Gasteiger partial charge in [0.05, 0.1) is 39.1 Å². The number of nitrogens with zero attached hydrogens (tertiary/aromatic N) is 1. The molecule has 0 aliphatic heterocycles. The summed E-state index contributed by atoms with van der Waals surface area (Å²) >= 11 is 0. The minimum absolute atomic E-state index is 0.155. The second-order valence-electron chi connectivity index (χ2n) is 3.03. The van der Waals surface area contributed by atoms with Gasteiger partial charge in [-0.25, -0.2) is 13.1 Å². The predicted molar refractivity (Wildman–Crippen MR) is 60.9 cm³/mol. The van der Waals surface area contributed by atoms with Crippen molar-refractivity contribution in [3.8, 4) is 6.07 Å². The molecule has 1 N–H and O–H groups in total. The first-order chi connectivity index (χ1) is 8.12. The number of sulfonamides is 1. The Kier molecular flexibility index (Phi) is 9.99. The highest BCUT2D eigenvalue weighted by Gasteiger charge is 2.07. The standard InChI is InChI=1S/C9H18N2O5S/c1-14-5-6-16-8-7-15-4-3-11-17(12,13)9-2-10/h11H,3-9H2,1H3. The van der Waals surface area contributed by atoms with Crippen molar-refractivity contribution in [1.29, 1.82) is 5.26 Å². The third kappa shape index (κ3) is 11.5. The molecule has 0 aromatic rings. The fourth-order valence-corrected chi connectivity index (χ4v) is 1.54. The maximum Gasteiger partial charge on any atom is 0.225 e. The van der Waals surface area contributed by atoms with Crippen LogP contribution in [0.2, 0.25) is 0 Å². The Labute approximate surface area is 102 Å². The Hall–Kier alpha value is -0.720. The number of rotatable bonds is 11. The summed E-state index contributed by atoms with van der Waals surface area (Å²) < 4.78 is 39.3. The van der Waals surface area contributed by atoms with Gasteiger partial charge in [0.2, 0.25) is 10.0 Å². The van der Waals surface area contributed by atoms with E-state index in [0.717, 1.165) is 0 Å². The van der Waals surface area contributed by atoms with Gasteiger partial charge in [-0.15, -0.1) is 0 Å². The van der Waals surface area contributed by atoms with Crippen molar-refractivity contribution >= 4 is 10.0 Å². The lowest BCUT2D eigenvalue weighted by Gasteiger charge is -2.06. The minimum Gasteiger partial charge on any atom is -0.382 e. The molecule has 0 unspecified atom stereocenters. The topological polar surface area (TPSA) is 97.7 Å². The molecule has 0 aliphatic rings. The molecule has 0 aromatic heterocycles.